The van der Waals surface area contributed by atoms with Crippen LogP contribution in [-0.4, -0.2) is 42.8 Å². The fourth-order valence-electron chi connectivity index (χ4n) is 2.61. The highest BCUT2D eigenvalue weighted by molar-refractivity contribution is 7.89. The fourth-order valence-corrected chi connectivity index (χ4v) is 4.63. The Hall–Kier alpha value is -2.36. The summed E-state index contributed by atoms with van der Waals surface area (Å²) in [4.78, 5) is 22.9. The van der Waals surface area contributed by atoms with Crippen molar-refractivity contribution in [2.75, 3.05) is 18.4 Å². The van der Waals surface area contributed by atoms with Crippen LogP contribution in [0.2, 0.25) is 5.02 Å². The van der Waals surface area contributed by atoms with E-state index < -0.39 is 21.9 Å². The molecule has 1 fully saturated rings. The lowest BCUT2D eigenvalue weighted by atomic mass is 10.3. The molecule has 0 aliphatic carbocycles. The highest BCUT2D eigenvalue weighted by Gasteiger charge is 2.29. The van der Waals surface area contributed by atoms with Gasteiger partial charge in [0.25, 0.3) is 5.91 Å². The second kappa shape index (κ2) is 7.10. The Labute approximate surface area is 154 Å². The van der Waals surface area contributed by atoms with Crippen molar-refractivity contribution in [3.05, 3.63) is 46.9 Å². The molecule has 2 N–H and O–H groups in total. The Balaban J connectivity index is 1.85. The van der Waals surface area contributed by atoms with Crippen molar-refractivity contribution in [3.63, 3.8) is 0 Å². The van der Waals surface area contributed by atoms with Crippen LogP contribution in [0.15, 0.2) is 39.6 Å². The fraction of sp³-hybridized carbons (Fsp3) is 0.250. The van der Waals surface area contributed by atoms with Crippen molar-refractivity contribution in [1.82, 2.24) is 4.31 Å². The number of carboxylic acids is 1. The average Bonchev–Trinajstić information content (AvgIpc) is 3.28. The van der Waals surface area contributed by atoms with Crippen molar-refractivity contribution < 1.29 is 27.5 Å². The van der Waals surface area contributed by atoms with Crippen molar-refractivity contribution in [2.24, 2.45) is 0 Å². The molecule has 1 aromatic carbocycles. The van der Waals surface area contributed by atoms with Gasteiger partial charge < -0.3 is 14.8 Å². The third-order valence-corrected chi connectivity index (χ3v) is 6.29. The van der Waals surface area contributed by atoms with E-state index >= 15 is 0 Å². The molecule has 2 aromatic rings. The molecule has 0 bridgehead atoms. The van der Waals surface area contributed by atoms with E-state index in [0.29, 0.717) is 13.1 Å². The number of benzene rings is 1. The second-order valence-corrected chi connectivity index (χ2v) is 7.99. The lowest BCUT2D eigenvalue weighted by molar-refractivity contribution is 0.0660. The van der Waals surface area contributed by atoms with Gasteiger partial charge in [0.1, 0.15) is 4.90 Å². The SMILES string of the molecule is O=C(O)c1ccc(C(=O)Nc2ccc(Cl)c(S(=O)(=O)N3CCCC3)c2)o1. The maximum atomic E-state index is 12.7. The number of nitrogens with one attached hydrogen (secondary N) is 1. The maximum absolute atomic E-state index is 12.7. The van der Waals surface area contributed by atoms with E-state index in [4.69, 9.17) is 21.1 Å². The normalized spacial score (nSPS) is 15.1. The molecule has 0 saturated carbocycles. The highest BCUT2D eigenvalue weighted by Crippen LogP contribution is 2.29. The number of carbonyl (C=O) groups excluding carboxylic acids is 1. The van der Waals surface area contributed by atoms with E-state index in [2.05, 4.69) is 5.32 Å². The second-order valence-electron chi connectivity index (χ2n) is 5.68. The van der Waals surface area contributed by atoms with Gasteiger partial charge in [0, 0.05) is 18.8 Å². The first-order chi connectivity index (χ1) is 12.3. The van der Waals surface area contributed by atoms with Gasteiger partial charge in [-0.1, -0.05) is 11.6 Å². The van der Waals surface area contributed by atoms with Crippen LogP contribution >= 0.6 is 11.6 Å². The van der Waals surface area contributed by atoms with Gasteiger partial charge >= 0.3 is 5.97 Å². The first-order valence-electron chi connectivity index (χ1n) is 7.73. The summed E-state index contributed by atoms with van der Waals surface area (Å²) >= 11 is 6.05. The standard InChI is InChI=1S/C16H15ClN2O6S/c17-11-4-3-10(9-14(11)26(23,24)19-7-1-2-8-19)18-15(20)12-5-6-13(25-12)16(21)22/h3-6,9H,1-2,7-8H2,(H,18,20)(H,21,22). The molecule has 3 rings (SSSR count). The third kappa shape index (κ3) is 3.59. The van der Waals surface area contributed by atoms with Gasteiger partial charge in [-0.2, -0.15) is 4.31 Å². The first kappa shape index (κ1) is 18.4. The molecule has 8 nitrogen and oxygen atoms in total. The molecule has 138 valence electrons. The Morgan fingerprint density at radius 3 is 2.38 bits per heavy atom. The molecule has 10 heteroatoms. The molecule has 0 unspecified atom stereocenters. The zero-order chi connectivity index (χ0) is 18.9. The minimum Gasteiger partial charge on any atom is -0.475 e. The van der Waals surface area contributed by atoms with Crippen LogP contribution in [0.1, 0.15) is 34.0 Å². The molecule has 0 spiro atoms. The van der Waals surface area contributed by atoms with Gasteiger partial charge in [-0.25, -0.2) is 13.2 Å². The summed E-state index contributed by atoms with van der Waals surface area (Å²) in [5.41, 5.74) is 0.199. The molecule has 2 heterocycles. The molecular formula is C16H15ClN2O6S. The number of furan rings is 1. The van der Waals surface area contributed by atoms with E-state index in [1.54, 1.807) is 0 Å². The molecule has 1 saturated heterocycles. The van der Waals surface area contributed by atoms with Gasteiger partial charge in [0.15, 0.2) is 5.76 Å². The predicted octanol–water partition coefficient (Wildman–Crippen LogP) is 2.67. The molecule has 26 heavy (non-hydrogen) atoms. The molecule has 1 amide bonds. The zero-order valence-corrected chi connectivity index (χ0v) is 15.0. The van der Waals surface area contributed by atoms with E-state index in [-0.39, 0.29) is 27.1 Å². The smallest absolute Gasteiger partial charge is 0.371 e. The number of rotatable bonds is 5. The number of halogens is 1. The van der Waals surface area contributed by atoms with Crippen LogP contribution < -0.4 is 5.32 Å². The van der Waals surface area contributed by atoms with E-state index in [1.807, 2.05) is 0 Å². The van der Waals surface area contributed by atoms with E-state index in [1.165, 1.54) is 28.6 Å². The van der Waals surface area contributed by atoms with E-state index in [9.17, 15) is 18.0 Å². The van der Waals surface area contributed by atoms with Crippen molar-refractivity contribution >= 4 is 39.2 Å². The van der Waals surface area contributed by atoms with Crippen LogP contribution in [0, 0.1) is 0 Å². The Morgan fingerprint density at radius 1 is 1.12 bits per heavy atom. The Bertz CT molecular complexity index is 963. The van der Waals surface area contributed by atoms with Gasteiger partial charge in [0.05, 0.1) is 5.02 Å². The number of nitrogens with zero attached hydrogens (tertiary/aromatic N) is 1. The van der Waals surface area contributed by atoms with Crippen molar-refractivity contribution in [1.29, 1.82) is 0 Å². The molecular weight excluding hydrogens is 384 g/mol. The molecule has 1 aliphatic rings. The number of hydrogen-bond acceptors (Lipinski definition) is 5. The number of amides is 1. The van der Waals surface area contributed by atoms with Gasteiger partial charge in [-0.05, 0) is 43.2 Å². The lowest BCUT2D eigenvalue weighted by Crippen LogP contribution is -2.28. The minimum absolute atomic E-state index is 0.0565. The van der Waals surface area contributed by atoms with Crippen LogP contribution in [0.4, 0.5) is 5.69 Å². The van der Waals surface area contributed by atoms with Crippen molar-refractivity contribution in [3.8, 4) is 0 Å². The van der Waals surface area contributed by atoms with Gasteiger partial charge in [-0.3, -0.25) is 4.79 Å². The van der Waals surface area contributed by atoms with E-state index in [0.717, 1.165) is 18.9 Å². The Kier molecular flexibility index (Phi) is 5.03. The average molecular weight is 399 g/mol. The number of carboxylic acid groups (broad SMARTS) is 1. The van der Waals surface area contributed by atoms with Crippen LogP contribution in [-0.2, 0) is 10.0 Å². The summed E-state index contributed by atoms with van der Waals surface area (Å²) in [5.74, 6) is -2.58. The molecule has 1 aliphatic heterocycles. The number of hydrogen-bond donors (Lipinski definition) is 2. The monoisotopic (exact) mass is 398 g/mol. The highest BCUT2D eigenvalue weighted by atomic mass is 35.5. The summed E-state index contributed by atoms with van der Waals surface area (Å²) in [7, 11) is -3.75. The van der Waals surface area contributed by atoms with Gasteiger partial charge in [0.2, 0.25) is 15.8 Å². The van der Waals surface area contributed by atoms with Crippen molar-refractivity contribution in [2.45, 2.75) is 17.7 Å². The summed E-state index contributed by atoms with van der Waals surface area (Å²) in [6, 6.07) is 6.48. The van der Waals surface area contributed by atoms with Crippen LogP contribution in [0.25, 0.3) is 0 Å². The molecule has 0 atom stereocenters. The van der Waals surface area contributed by atoms with Crippen LogP contribution in [0.3, 0.4) is 0 Å². The summed E-state index contributed by atoms with van der Waals surface area (Å²) in [6.07, 6.45) is 1.58. The summed E-state index contributed by atoms with van der Waals surface area (Å²) in [5, 5.41) is 11.3. The quantitative estimate of drug-likeness (QED) is 0.799. The van der Waals surface area contributed by atoms with Crippen LogP contribution in [0.5, 0.6) is 0 Å². The maximum Gasteiger partial charge on any atom is 0.371 e. The third-order valence-electron chi connectivity index (χ3n) is 3.91. The first-order valence-corrected chi connectivity index (χ1v) is 9.55. The molecule has 0 radical (unpaired) electrons. The molecule has 1 aromatic heterocycles. The summed E-state index contributed by atoms with van der Waals surface area (Å²) < 4.78 is 31.6. The number of carbonyl (C=O) groups is 2. The predicted molar refractivity (Wildman–Crippen MR) is 93.1 cm³/mol. The number of sulfonamides is 1. The Morgan fingerprint density at radius 2 is 1.77 bits per heavy atom. The lowest BCUT2D eigenvalue weighted by Gasteiger charge is -2.17. The van der Waals surface area contributed by atoms with Gasteiger partial charge in [-0.15, -0.1) is 0 Å². The largest absolute Gasteiger partial charge is 0.475 e. The minimum atomic E-state index is -3.75. The summed E-state index contributed by atoms with van der Waals surface area (Å²) in [6.45, 7) is 0.860. The number of aromatic carboxylic acids is 1. The number of anilines is 1. The topological polar surface area (TPSA) is 117 Å². The zero-order valence-electron chi connectivity index (χ0n) is 13.4.